The number of hydrogen-bond acceptors (Lipinski definition) is 7. The topological polar surface area (TPSA) is 92.2 Å². The highest BCUT2D eigenvalue weighted by atomic mass is 32.2. The molecule has 0 atom stereocenters. The third-order valence-electron chi connectivity index (χ3n) is 6.68. The summed E-state index contributed by atoms with van der Waals surface area (Å²) < 4.78 is 34.9. The van der Waals surface area contributed by atoms with Gasteiger partial charge in [0, 0.05) is 18.7 Å². The van der Waals surface area contributed by atoms with E-state index < -0.39 is 15.9 Å². The molecular formula is C32H38N4O4S2. The van der Waals surface area contributed by atoms with Crippen LogP contribution in [0.5, 0.6) is 5.75 Å². The second-order valence-electron chi connectivity index (χ2n) is 9.97. The number of sulfonamides is 1. The number of nitrogens with zero attached hydrogens (tertiary/aromatic N) is 4. The van der Waals surface area contributed by atoms with Crippen molar-refractivity contribution in [3.63, 3.8) is 0 Å². The van der Waals surface area contributed by atoms with Crippen LogP contribution >= 0.6 is 11.3 Å². The zero-order valence-electron chi connectivity index (χ0n) is 24.6. The van der Waals surface area contributed by atoms with E-state index in [1.54, 1.807) is 22.7 Å². The van der Waals surface area contributed by atoms with E-state index in [0.717, 1.165) is 52.8 Å². The number of amides is 1. The predicted octanol–water partition coefficient (Wildman–Crippen LogP) is 7.28. The van der Waals surface area contributed by atoms with E-state index in [4.69, 9.17) is 4.74 Å². The maximum atomic E-state index is 13.8. The van der Waals surface area contributed by atoms with Crippen LogP contribution in [0, 0.1) is 6.92 Å². The first-order valence-electron chi connectivity index (χ1n) is 14.4. The molecule has 4 aromatic rings. The number of hydrazone groups is 1. The Hall–Kier alpha value is -3.60. The minimum atomic E-state index is -3.68. The van der Waals surface area contributed by atoms with Gasteiger partial charge in [0.25, 0.3) is 5.91 Å². The van der Waals surface area contributed by atoms with Crippen LogP contribution in [0.1, 0.15) is 67.9 Å². The number of aromatic nitrogens is 1. The Kier molecular flexibility index (Phi) is 10.8. The molecule has 0 bridgehead atoms. The number of benzene rings is 3. The lowest BCUT2D eigenvalue weighted by atomic mass is 10.2. The molecule has 222 valence electrons. The molecule has 3 aromatic carbocycles. The molecular weight excluding hydrogens is 569 g/mol. The number of ether oxygens (including phenoxy) is 1. The second kappa shape index (κ2) is 14.5. The molecule has 0 unspecified atom stereocenters. The lowest BCUT2D eigenvalue weighted by molar-refractivity contribution is 0.0987. The predicted molar refractivity (Wildman–Crippen MR) is 171 cm³/mol. The SMILES string of the molecule is CCCCN(CCCC)S(=O)(=O)c1ccc(C(=O)N(/N=C/c2ccc(OCC)cc2)c2nc3ccc(C)cc3s2)cc1. The summed E-state index contributed by atoms with van der Waals surface area (Å²) in [6.07, 6.45) is 5.00. The summed E-state index contributed by atoms with van der Waals surface area (Å²) in [5.41, 5.74) is 2.96. The van der Waals surface area contributed by atoms with Crippen molar-refractivity contribution in [3.8, 4) is 5.75 Å². The summed E-state index contributed by atoms with van der Waals surface area (Å²) in [7, 11) is -3.68. The van der Waals surface area contributed by atoms with Gasteiger partial charge in [0.2, 0.25) is 15.2 Å². The highest BCUT2D eigenvalue weighted by molar-refractivity contribution is 7.89. The maximum absolute atomic E-state index is 13.8. The third kappa shape index (κ3) is 7.61. The number of anilines is 1. The molecule has 0 aliphatic rings. The van der Waals surface area contributed by atoms with Crippen LogP contribution in [-0.2, 0) is 10.0 Å². The molecule has 0 radical (unpaired) electrons. The lowest BCUT2D eigenvalue weighted by Gasteiger charge is -2.22. The fourth-order valence-electron chi connectivity index (χ4n) is 4.30. The molecule has 4 rings (SSSR count). The number of rotatable bonds is 14. The van der Waals surface area contributed by atoms with Gasteiger partial charge in [-0.05, 0) is 98.5 Å². The zero-order chi connectivity index (χ0) is 30.1. The van der Waals surface area contributed by atoms with Crippen molar-refractivity contribution in [2.24, 2.45) is 5.10 Å². The van der Waals surface area contributed by atoms with Gasteiger partial charge in [-0.15, -0.1) is 0 Å². The van der Waals surface area contributed by atoms with Gasteiger partial charge in [0.15, 0.2) is 0 Å². The minimum absolute atomic E-state index is 0.172. The average molecular weight is 607 g/mol. The summed E-state index contributed by atoms with van der Waals surface area (Å²) in [4.78, 5) is 18.7. The normalized spacial score (nSPS) is 11.9. The van der Waals surface area contributed by atoms with Crippen molar-refractivity contribution in [2.75, 3.05) is 24.7 Å². The number of carbonyl (C=O) groups is 1. The van der Waals surface area contributed by atoms with Gasteiger partial charge >= 0.3 is 0 Å². The Morgan fingerprint density at radius 3 is 2.24 bits per heavy atom. The molecule has 1 heterocycles. The first-order chi connectivity index (χ1) is 20.3. The minimum Gasteiger partial charge on any atom is -0.494 e. The van der Waals surface area contributed by atoms with Crippen LogP contribution in [-0.4, -0.2) is 49.5 Å². The first kappa shape index (κ1) is 31.3. The van der Waals surface area contributed by atoms with Crippen molar-refractivity contribution in [1.29, 1.82) is 0 Å². The zero-order valence-corrected chi connectivity index (χ0v) is 26.2. The number of unbranched alkanes of at least 4 members (excludes halogenated alkanes) is 2. The maximum Gasteiger partial charge on any atom is 0.280 e. The number of thiazole rings is 1. The molecule has 42 heavy (non-hydrogen) atoms. The molecule has 1 amide bonds. The molecule has 8 nitrogen and oxygen atoms in total. The summed E-state index contributed by atoms with van der Waals surface area (Å²) in [6.45, 7) is 9.55. The van der Waals surface area contributed by atoms with Crippen molar-refractivity contribution in [1.82, 2.24) is 9.29 Å². The summed E-state index contributed by atoms with van der Waals surface area (Å²) in [6, 6.07) is 19.4. The van der Waals surface area contributed by atoms with Crippen LogP contribution in [0.25, 0.3) is 10.2 Å². The molecule has 0 saturated heterocycles. The quantitative estimate of drug-likeness (QED) is 0.111. The van der Waals surface area contributed by atoms with Crippen molar-refractivity contribution < 1.29 is 17.9 Å². The summed E-state index contributed by atoms with van der Waals surface area (Å²) in [5.74, 6) is 0.341. The molecule has 10 heteroatoms. The highest BCUT2D eigenvalue weighted by Crippen LogP contribution is 2.31. The number of aryl methyl sites for hydroxylation is 1. The molecule has 0 spiro atoms. The van der Waals surface area contributed by atoms with E-state index in [-0.39, 0.29) is 4.90 Å². The fourth-order valence-corrected chi connectivity index (χ4v) is 6.84. The van der Waals surface area contributed by atoms with E-state index in [9.17, 15) is 13.2 Å². The van der Waals surface area contributed by atoms with Crippen LogP contribution < -0.4 is 9.75 Å². The molecule has 0 aliphatic heterocycles. The first-order valence-corrected chi connectivity index (χ1v) is 16.6. The van der Waals surface area contributed by atoms with Crippen LogP contribution in [0.4, 0.5) is 5.13 Å². The number of carbonyl (C=O) groups excluding carboxylic acids is 1. The van der Waals surface area contributed by atoms with E-state index >= 15 is 0 Å². The molecule has 1 aromatic heterocycles. The average Bonchev–Trinajstić information content (AvgIpc) is 3.41. The van der Waals surface area contributed by atoms with Gasteiger partial charge in [-0.25, -0.2) is 13.4 Å². The molecule has 0 aliphatic carbocycles. The van der Waals surface area contributed by atoms with Gasteiger partial charge in [0.1, 0.15) is 5.75 Å². The second-order valence-corrected chi connectivity index (χ2v) is 12.9. The molecule has 0 fully saturated rings. The van der Waals surface area contributed by atoms with E-state index in [1.165, 1.54) is 28.5 Å². The Balaban J connectivity index is 1.65. The number of hydrogen-bond donors (Lipinski definition) is 0. The summed E-state index contributed by atoms with van der Waals surface area (Å²) in [5, 5.41) is 6.23. The van der Waals surface area contributed by atoms with Crippen LogP contribution in [0.2, 0.25) is 0 Å². The van der Waals surface area contributed by atoms with Crippen molar-refractivity contribution in [2.45, 2.75) is 58.3 Å². The van der Waals surface area contributed by atoms with Crippen molar-refractivity contribution >= 4 is 48.8 Å². The van der Waals surface area contributed by atoms with Crippen molar-refractivity contribution in [3.05, 3.63) is 83.4 Å². The molecule has 0 N–H and O–H groups in total. The third-order valence-corrected chi connectivity index (χ3v) is 9.59. The van der Waals surface area contributed by atoms with Gasteiger partial charge in [-0.2, -0.15) is 14.4 Å². The van der Waals surface area contributed by atoms with E-state index in [0.29, 0.717) is 30.4 Å². The fraction of sp³-hybridized carbons (Fsp3) is 0.344. The van der Waals surface area contributed by atoms with Crippen LogP contribution in [0.3, 0.4) is 0 Å². The standard InChI is InChI=1S/C32H38N4O4S2/c1-5-8-20-35(21-9-6-2)42(38,39)28-17-13-26(14-18-28)31(37)36(32-34-29-19-10-24(4)22-30(29)41-32)33-23-25-11-15-27(16-12-25)40-7-3/h10-19,22-23H,5-9,20-21H2,1-4H3/b33-23+. The monoisotopic (exact) mass is 606 g/mol. The van der Waals surface area contributed by atoms with Crippen LogP contribution in [0.15, 0.2) is 76.7 Å². The Bertz CT molecular complexity index is 1610. The largest absolute Gasteiger partial charge is 0.494 e. The smallest absolute Gasteiger partial charge is 0.280 e. The molecule has 0 saturated carbocycles. The number of fused-ring (bicyclic) bond motifs is 1. The van der Waals surface area contributed by atoms with Gasteiger partial charge in [-0.1, -0.05) is 44.1 Å². The Morgan fingerprint density at radius 1 is 0.952 bits per heavy atom. The van der Waals surface area contributed by atoms with Gasteiger partial charge in [-0.3, -0.25) is 4.79 Å². The Morgan fingerprint density at radius 2 is 1.62 bits per heavy atom. The Labute approximate surface area is 252 Å². The lowest BCUT2D eigenvalue weighted by Crippen LogP contribution is -2.33. The summed E-state index contributed by atoms with van der Waals surface area (Å²) >= 11 is 1.37. The highest BCUT2D eigenvalue weighted by Gasteiger charge is 2.25. The van der Waals surface area contributed by atoms with E-state index in [1.807, 2.05) is 70.2 Å². The van der Waals surface area contributed by atoms with Gasteiger partial charge in [0.05, 0.1) is 27.9 Å². The van der Waals surface area contributed by atoms with E-state index in [2.05, 4.69) is 10.1 Å². The van der Waals surface area contributed by atoms with Gasteiger partial charge < -0.3 is 4.74 Å².